The average molecular weight is 215 g/mol. The molecule has 0 aliphatic heterocycles. The van der Waals surface area contributed by atoms with Crippen LogP contribution >= 0.6 is 0 Å². The average Bonchev–Trinajstić information content (AvgIpc) is 2.28. The third-order valence-electron chi connectivity index (χ3n) is 3.14. The van der Waals surface area contributed by atoms with Crippen LogP contribution in [0.25, 0.3) is 0 Å². The molecule has 0 aliphatic carbocycles. The lowest BCUT2D eigenvalue weighted by molar-refractivity contribution is 0.834. The van der Waals surface area contributed by atoms with Crippen LogP contribution in [-0.2, 0) is 19.3 Å². The van der Waals surface area contributed by atoms with Crippen LogP contribution in [-0.4, -0.2) is 0 Å². The molecule has 0 nitrogen and oxygen atoms in total. The minimum Gasteiger partial charge on any atom is -0.103 e. The van der Waals surface area contributed by atoms with Crippen LogP contribution in [0.1, 0.15) is 55.9 Å². The van der Waals surface area contributed by atoms with Gasteiger partial charge in [0.15, 0.2) is 0 Å². The van der Waals surface area contributed by atoms with Crippen molar-refractivity contribution in [2.24, 2.45) is 0 Å². The highest BCUT2D eigenvalue weighted by atomic mass is 14.2. The number of benzene rings is 1. The summed E-state index contributed by atoms with van der Waals surface area (Å²) in [7, 11) is 0. The monoisotopic (exact) mass is 215 g/mol. The van der Waals surface area contributed by atoms with Crippen molar-refractivity contribution in [2.75, 3.05) is 0 Å². The van der Waals surface area contributed by atoms with Gasteiger partial charge in [0.05, 0.1) is 0 Å². The Hall–Kier alpha value is -1.04. The Morgan fingerprint density at radius 3 is 2.38 bits per heavy atom. The molecule has 0 N–H and O–H groups in total. The van der Waals surface area contributed by atoms with E-state index >= 15 is 0 Å². The van der Waals surface area contributed by atoms with E-state index in [1.54, 1.807) is 0 Å². The summed E-state index contributed by atoms with van der Waals surface area (Å²) in [4.78, 5) is 0. The Morgan fingerprint density at radius 1 is 1.25 bits per heavy atom. The maximum absolute atomic E-state index is 3.87. The fourth-order valence-corrected chi connectivity index (χ4v) is 2.34. The molecule has 16 heavy (non-hydrogen) atoms. The lowest BCUT2D eigenvalue weighted by Crippen LogP contribution is -2.04. The van der Waals surface area contributed by atoms with Gasteiger partial charge in [-0.3, -0.25) is 0 Å². The van der Waals surface area contributed by atoms with E-state index < -0.39 is 0 Å². The molecule has 0 saturated carbocycles. The van der Waals surface area contributed by atoms with Gasteiger partial charge in [-0.2, -0.15) is 0 Å². The fourth-order valence-electron chi connectivity index (χ4n) is 2.34. The van der Waals surface area contributed by atoms with Gasteiger partial charge in [0.1, 0.15) is 0 Å². The predicted molar refractivity (Wildman–Crippen MR) is 72.0 cm³/mol. The summed E-state index contributed by atoms with van der Waals surface area (Å²) in [5.74, 6) is 0.547. The molecule has 1 rings (SSSR count). The zero-order chi connectivity index (χ0) is 12.1. The molecule has 0 spiro atoms. The van der Waals surface area contributed by atoms with Gasteiger partial charge in [0.25, 0.3) is 0 Å². The quantitative estimate of drug-likeness (QED) is 0.636. The van der Waals surface area contributed by atoms with Gasteiger partial charge >= 0.3 is 0 Å². The van der Waals surface area contributed by atoms with Crippen LogP contribution in [0.3, 0.4) is 0 Å². The zero-order valence-corrected chi connectivity index (χ0v) is 11.1. The Bertz CT molecular complexity index is 359. The summed E-state index contributed by atoms with van der Waals surface area (Å²) in [5.41, 5.74) is 5.80. The van der Waals surface area contributed by atoms with Gasteiger partial charge in [-0.15, -0.1) is 6.58 Å². The second-order valence-corrected chi connectivity index (χ2v) is 4.54. The van der Waals surface area contributed by atoms with Crippen molar-refractivity contribution >= 4 is 0 Å². The maximum atomic E-state index is 3.87. The molecule has 1 aromatic rings. The normalized spacial score (nSPS) is 10.8. The molecular formula is C16H23. The van der Waals surface area contributed by atoms with Crippen LogP contribution in [0, 0.1) is 6.07 Å². The predicted octanol–water partition coefficient (Wildman–Crippen LogP) is 4.46. The first-order valence-electron chi connectivity index (χ1n) is 6.31. The van der Waals surface area contributed by atoms with Crippen molar-refractivity contribution in [1.29, 1.82) is 0 Å². The first-order chi connectivity index (χ1) is 7.65. The molecule has 0 aliphatic rings. The Labute approximate surface area is 100 Å². The second-order valence-electron chi connectivity index (χ2n) is 4.54. The first kappa shape index (κ1) is 13.0. The molecule has 0 aromatic heterocycles. The summed E-state index contributed by atoms with van der Waals surface area (Å²) < 4.78 is 0. The maximum Gasteiger partial charge on any atom is -0.00942 e. The Balaban J connectivity index is 3.37. The van der Waals surface area contributed by atoms with Crippen molar-refractivity contribution in [3.05, 3.63) is 47.0 Å². The van der Waals surface area contributed by atoms with Gasteiger partial charge in [0.2, 0.25) is 0 Å². The van der Waals surface area contributed by atoms with Crippen molar-refractivity contribution in [1.82, 2.24) is 0 Å². The molecule has 1 aromatic carbocycles. The molecule has 0 atom stereocenters. The van der Waals surface area contributed by atoms with Gasteiger partial charge < -0.3 is 0 Å². The van der Waals surface area contributed by atoms with Crippen molar-refractivity contribution in [3.63, 3.8) is 0 Å². The van der Waals surface area contributed by atoms with Gasteiger partial charge in [-0.1, -0.05) is 39.8 Å². The SMILES string of the molecule is C=CCc1c(C(C)C)[c]cc(CC)c1CC. The van der Waals surface area contributed by atoms with Crippen molar-refractivity contribution < 1.29 is 0 Å². The molecule has 0 heteroatoms. The van der Waals surface area contributed by atoms with Crippen LogP contribution in [0.4, 0.5) is 0 Å². The lowest BCUT2D eigenvalue weighted by Gasteiger charge is -2.18. The fraction of sp³-hybridized carbons (Fsp3) is 0.500. The number of aryl methyl sites for hydroxylation is 1. The number of hydrogen-bond donors (Lipinski definition) is 0. The van der Waals surface area contributed by atoms with E-state index in [4.69, 9.17) is 0 Å². The van der Waals surface area contributed by atoms with E-state index in [2.05, 4.69) is 46.4 Å². The third-order valence-corrected chi connectivity index (χ3v) is 3.14. The highest BCUT2D eigenvalue weighted by Crippen LogP contribution is 2.26. The number of rotatable bonds is 5. The molecule has 0 bridgehead atoms. The van der Waals surface area contributed by atoms with E-state index in [0.717, 1.165) is 19.3 Å². The van der Waals surface area contributed by atoms with Gasteiger partial charge in [-0.05, 0) is 53.5 Å². The number of hydrogen-bond acceptors (Lipinski definition) is 0. The number of allylic oxidation sites excluding steroid dienone is 1. The highest BCUT2D eigenvalue weighted by molar-refractivity contribution is 5.43. The molecule has 1 radical (unpaired) electrons. The minimum atomic E-state index is 0.547. The summed E-state index contributed by atoms with van der Waals surface area (Å²) >= 11 is 0. The van der Waals surface area contributed by atoms with Crippen LogP contribution < -0.4 is 0 Å². The molecule has 0 heterocycles. The zero-order valence-electron chi connectivity index (χ0n) is 11.1. The topological polar surface area (TPSA) is 0 Å². The van der Waals surface area contributed by atoms with Crippen LogP contribution in [0.15, 0.2) is 18.7 Å². The van der Waals surface area contributed by atoms with Gasteiger partial charge in [-0.25, -0.2) is 0 Å². The van der Waals surface area contributed by atoms with E-state index in [0.29, 0.717) is 5.92 Å². The summed E-state index contributed by atoms with van der Waals surface area (Å²) in [6, 6.07) is 5.65. The smallest absolute Gasteiger partial charge is 0.00942 e. The largest absolute Gasteiger partial charge is 0.103 e. The highest BCUT2D eigenvalue weighted by Gasteiger charge is 2.12. The minimum absolute atomic E-state index is 0.547. The molecular weight excluding hydrogens is 192 g/mol. The summed E-state index contributed by atoms with van der Waals surface area (Å²) in [5, 5.41) is 0. The molecule has 0 saturated heterocycles. The van der Waals surface area contributed by atoms with E-state index in [1.165, 1.54) is 22.3 Å². The van der Waals surface area contributed by atoms with E-state index in [-0.39, 0.29) is 0 Å². The Morgan fingerprint density at radius 2 is 1.94 bits per heavy atom. The van der Waals surface area contributed by atoms with Crippen LogP contribution in [0.5, 0.6) is 0 Å². The summed E-state index contributed by atoms with van der Waals surface area (Å²) in [6.07, 6.45) is 5.19. The van der Waals surface area contributed by atoms with E-state index in [1.807, 2.05) is 6.08 Å². The van der Waals surface area contributed by atoms with E-state index in [9.17, 15) is 0 Å². The van der Waals surface area contributed by atoms with Crippen LogP contribution in [0.2, 0.25) is 0 Å². The van der Waals surface area contributed by atoms with Gasteiger partial charge in [0, 0.05) is 0 Å². The summed E-state index contributed by atoms with van der Waals surface area (Å²) in [6.45, 7) is 12.8. The lowest BCUT2D eigenvalue weighted by atomic mass is 9.87. The Kier molecular flexibility index (Phi) is 4.79. The first-order valence-corrected chi connectivity index (χ1v) is 6.31. The molecule has 87 valence electrons. The molecule has 0 fully saturated rings. The van der Waals surface area contributed by atoms with Crippen molar-refractivity contribution in [2.45, 2.75) is 52.9 Å². The standard InChI is InChI=1S/C16H23/c1-6-9-16-14(8-3)13(7-2)10-11-15(16)12(4)5/h6,10,12H,1,7-9H2,2-5H3. The second kappa shape index (κ2) is 5.89. The molecule has 0 unspecified atom stereocenters. The van der Waals surface area contributed by atoms with Crippen molar-refractivity contribution in [3.8, 4) is 0 Å². The third kappa shape index (κ3) is 2.55. The molecule has 0 amide bonds.